The number of likely N-dealkylation sites (N-methyl/N-ethyl adjacent to an activating group) is 1. The second-order valence-corrected chi connectivity index (χ2v) is 11.7. The van der Waals surface area contributed by atoms with Crippen LogP contribution in [0.25, 0.3) is 22.3 Å². The van der Waals surface area contributed by atoms with Crippen molar-refractivity contribution in [2.24, 2.45) is 0 Å². The number of aromatic nitrogens is 4. The minimum Gasteiger partial charge on any atom is -0.495 e. The topological polar surface area (TPSA) is 124 Å². The summed E-state index contributed by atoms with van der Waals surface area (Å²) >= 11 is 0. The van der Waals surface area contributed by atoms with Crippen molar-refractivity contribution in [2.45, 2.75) is 64.1 Å². The normalized spacial score (nSPS) is 20.9. The molecule has 11 nitrogen and oxygen atoms in total. The zero-order valence-electron chi connectivity index (χ0n) is 23.9. The Balaban J connectivity index is 1.44. The average Bonchev–Trinajstić information content (AvgIpc) is 3.29. The average molecular weight is 555 g/mol. The number of ether oxygens (including phenoxy) is 2. The third-order valence-electron chi connectivity index (χ3n) is 7.76. The Morgan fingerprint density at radius 3 is 2.40 bits per heavy atom. The van der Waals surface area contributed by atoms with E-state index in [-0.39, 0.29) is 28.9 Å². The summed E-state index contributed by atoms with van der Waals surface area (Å²) in [6.07, 6.45) is 4.74. The molecule has 0 spiro atoms. The van der Waals surface area contributed by atoms with E-state index in [2.05, 4.69) is 32.1 Å². The molecule has 2 aromatic heterocycles. The molecule has 216 valence electrons. The number of rotatable bonds is 5. The Labute approximate surface area is 233 Å². The third kappa shape index (κ3) is 5.83. The molecule has 1 aliphatic heterocycles. The number of anilines is 2. The van der Waals surface area contributed by atoms with Crippen LogP contribution in [-0.4, -0.2) is 87.6 Å². The van der Waals surface area contributed by atoms with Crippen molar-refractivity contribution in [3.8, 4) is 17.0 Å². The highest BCUT2D eigenvalue weighted by Crippen LogP contribution is 2.40. The Morgan fingerprint density at radius 2 is 1.75 bits per heavy atom. The lowest BCUT2D eigenvalue weighted by Crippen LogP contribution is -2.49. The molecule has 5 rings (SSSR count). The number of benzene rings is 1. The first-order chi connectivity index (χ1) is 19.0. The summed E-state index contributed by atoms with van der Waals surface area (Å²) in [6.45, 7) is 9.66. The fourth-order valence-corrected chi connectivity index (χ4v) is 5.71. The number of carbonyl (C=O) groups excluding carboxylic acids is 1. The van der Waals surface area contributed by atoms with Gasteiger partial charge in [-0.05, 0) is 59.6 Å². The number of nitrogens with one attached hydrogen (secondary N) is 1. The minimum atomic E-state index is -0.711. The summed E-state index contributed by atoms with van der Waals surface area (Å²) < 4.78 is 28.3. The van der Waals surface area contributed by atoms with E-state index in [1.807, 2.05) is 4.68 Å². The number of nitrogens with two attached hydrogens (primary N) is 1. The number of halogens is 1. The first-order valence-corrected chi connectivity index (χ1v) is 13.8. The van der Waals surface area contributed by atoms with E-state index in [1.165, 1.54) is 25.6 Å². The molecule has 1 saturated carbocycles. The van der Waals surface area contributed by atoms with Crippen LogP contribution in [0.4, 0.5) is 20.7 Å². The second kappa shape index (κ2) is 11.2. The maximum Gasteiger partial charge on any atom is 0.412 e. The fraction of sp³-hybridized carbons (Fsp3) is 0.571. The highest BCUT2D eigenvalue weighted by Gasteiger charge is 2.31. The van der Waals surface area contributed by atoms with Crippen molar-refractivity contribution in [2.75, 3.05) is 51.4 Å². The van der Waals surface area contributed by atoms with E-state index < -0.39 is 17.5 Å². The van der Waals surface area contributed by atoms with Crippen LogP contribution in [0, 0.1) is 5.82 Å². The molecule has 0 radical (unpaired) electrons. The molecule has 1 amide bonds. The van der Waals surface area contributed by atoms with Gasteiger partial charge in [0, 0.05) is 43.9 Å². The van der Waals surface area contributed by atoms with E-state index in [1.54, 1.807) is 20.8 Å². The van der Waals surface area contributed by atoms with E-state index >= 15 is 4.39 Å². The summed E-state index contributed by atoms with van der Waals surface area (Å²) in [7, 11) is 3.62. The molecular formula is C28H39FN8O3. The number of amides is 1. The fourth-order valence-electron chi connectivity index (χ4n) is 5.71. The van der Waals surface area contributed by atoms with Crippen molar-refractivity contribution in [1.29, 1.82) is 0 Å². The number of nitrogen functional groups attached to an aromatic ring is 1. The van der Waals surface area contributed by atoms with Gasteiger partial charge in [-0.25, -0.2) is 23.8 Å². The molecule has 3 N–H and O–H groups in total. The van der Waals surface area contributed by atoms with Gasteiger partial charge in [-0.1, -0.05) is 0 Å². The van der Waals surface area contributed by atoms with Crippen molar-refractivity contribution >= 4 is 28.6 Å². The van der Waals surface area contributed by atoms with Crippen LogP contribution in [-0.2, 0) is 4.74 Å². The van der Waals surface area contributed by atoms with Crippen LogP contribution in [0.2, 0.25) is 0 Å². The van der Waals surface area contributed by atoms with Crippen molar-refractivity contribution in [1.82, 2.24) is 29.5 Å². The maximum absolute atomic E-state index is 15.6. The monoisotopic (exact) mass is 554 g/mol. The number of methoxy groups -OCH3 is 1. The molecule has 2 aliphatic rings. The minimum absolute atomic E-state index is 0.118. The number of fused-ring (bicyclic) bond motifs is 1. The van der Waals surface area contributed by atoms with Crippen LogP contribution >= 0.6 is 0 Å². The van der Waals surface area contributed by atoms with E-state index in [0.29, 0.717) is 22.8 Å². The summed E-state index contributed by atoms with van der Waals surface area (Å²) in [4.78, 5) is 26.0. The highest BCUT2D eigenvalue weighted by molar-refractivity contribution is 5.99. The smallest absolute Gasteiger partial charge is 0.412 e. The molecule has 12 heteroatoms. The number of hydrogen-bond acceptors (Lipinski definition) is 9. The van der Waals surface area contributed by atoms with Gasteiger partial charge < -0.3 is 20.1 Å². The van der Waals surface area contributed by atoms with Gasteiger partial charge in [0.1, 0.15) is 35.0 Å². The Hall–Kier alpha value is -3.51. The zero-order chi connectivity index (χ0) is 28.6. The van der Waals surface area contributed by atoms with Gasteiger partial charge >= 0.3 is 6.09 Å². The molecule has 1 saturated heterocycles. The van der Waals surface area contributed by atoms with Crippen LogP contribution in [0.1, 0.15) is 52.5 Å². The van der Waals surface area contributed by atoms with E-state index in [4.69, 9.17) is 20.3 Å². The lowest BCUT2D eigenvalue weighted by atomic mass is 9.90. The summed E-state index contributed by atoms with van der Waals surface area (Å²) in [5.41, 5.74) is 6.85. The quantitative estimate of drug-likeness (QED) is 0.475. The predicted octanol–water partition coefficient (Wildman–Crippen LogP) is 4.30. The van der Waals surface area contributed by atoms with Gasteiger partial charge in [0.05, 0.1) is 24.2 Å². The summed E-state index contributed by atoms with van der Waals surface area (Å²) in [5, 5.41) is 7.94. The number of nitrogens with zero attached hydrogens (tertiary/aromatic N) is 6. The second-order valence-electron chi connectivity index (χ2n) is 11.7. The molecule has 1 aliphatic carbocycles. The highest BCUT2D eigenvalue weighted by atomic mass is 19.1. The Morgan fingerprint density at radius 1 is 1.07 bits per heavy atom. The molecule has 1 aromatic carbocycles. The van der Waals surface area contributed by atoms with Gasteiger partial charge in [-0.2, -0.15) is 5.10 Å². The lowest BCUT2D eigenvalue weighted by molar-refractivity contribution is 0.0635. The van der Waals surface area contributed by atoms with Crippen LogP contribution in [0.15, 0.2) is 18.5 Å². The van der Waals surface area contributed by atoms with Crippen molar-refractivity contribution in [3.05, 3.63) is 24.3 Å². The zero-order valence-corrected chi connectivity index (χ0v) is 23.9. The molecule has 2 fully saturated rings. The standard InChI is InChI=1S/C28H39FN8O3/c1-28(2,3)40-27(38)33-21-15-20(29)19(14-22(21)39-5)24-23-25(30)31-16-32-26(23)37(34-24)18-8-6-17(7-9-18)36-12-10-35(4)11-13-36/h14-18H,6-13H2,1-5H3,(H,33,38)(H2,30,31,32). The Bertz CT molecular complexity index is 1370. The molecular weight excluding hydrogens is 515 g/mol. The molecule has 40 heavy (non-hydrogen) atoms. The third-order valence-corrected chi connectivity index (χ3v) is 7.76. The molecule has 3 heterocycles. The number of hydrogen-bond donors (Lipinski definition) is 2. The van der Waals surface area contributed by atoms with Gasteiger partial charge in [0.2, 0.25) is 0 Å². The molecule has 0 unspecified atom stereocenters. The summed E-state index contributed by atoms with van der Waals surface area (Å²) in [5.74, 6) is -0.111. The first kappa shape index (κ1) is 28.0. The van der Waals surface area contributed by atoms with Gasteiger partial charge in [-0.3, -0.25) is 10.2 Å². The van der Waals surface area contributed by atoms with Crippen LogP contribution in [0.3, 0.4) is 0 Å². The van der Waals surface area contributed by atoms with Crippen LogP contribution < -0.4 is 15.8 Å². The summed E-state index contributed by atoms with van der Waals surface area (Å²) in [6, 6.07) is 3.39. The number of piperazine rings is 1. The largest absolute Gasteiger partial charge is 0.495 e. The van der Waals surface area contributed by atoms with Crippen LogP contribution in [0.5, 0.6) is 5.75 Å². The molecule has 3 aromatic rings. The number of carbonyl (C=O) groups is 1. The van der Waals surface area contributed by atoms with Gasteiger partial charge in [0.15, 0.2) is 5.65 Å². The SMILES string of the molecule is COc1cc(-c2nn(C3CCC(N4CCN(C)CC4)CC3)c3ncnc(N)c23)c(F)cc1NC(=O)OC(C)(C)C. The van der Waals surface area contributed by atoms with Crippen molar-refractivity contribution in [3.63, 3.8) is 0 Å². The molecule has 0 atom stereocenters. The molecule has 0 bridgehead atoms. The first-order valence-electron chi connectivity index (χ1n) is 13.8. The maximum atomic E-state index is 15.6. The predicted molar refractivity (Wildman–Crippen MR) is 152 cm³/mol. The van der Waals surface area contributed by atoms with Gasteiger partial charge in [0.25, 0.3) is 0 Å². The van der Waals surface area contributed by atoms with Crippen molar-refractivity contribution < 1.29 is 18.7 Å². The van der Waals surface area contributed by atoms with Gasteiger partial charge in [-0.15, -0.1) is 0 Å². The lowest BCUT2D eigenvalue weighted by Gasteiger charge is -2.41. The van der Waals surface area contributed by atoms with E-state index in [0.717, 1.165) is 51.9 Å². The van der Waals surface area contributed by atoms with E-state index in [9.17, 15) is 4.79 Å². The Kier molecular flexibility index (Phi) is 7.83.